The summed E-state index contributed by atoms with van der Waals surface area (Å²) in [7, 11) is 1.78. The molecule has 4 nitrogen and oxygen atoms in total. The Labute approximate surface area is 103 Å². The molecule has 0 saturated carbocycles. The van der Waals surface area contributed by atoms with Crippen molar-refractivity contribution in [3.05, 3.63) is 30.1 Å². The molecule has 17 heavy (non-hydrogen) atoms. The Morgan fingerprint density at radius 2 is 2.41 bits per heavy atom. The van der Waals surface area contributed by atoms with Gasteiger partial charge in [0, 0.05) is 38.6 Å². The third-order valence-corrected chi connectivity index (χ3v) is 3.43. The zero-order valence-corrected chi connectivity index (χ0v) is 10.5. The summed E-state index contributed by atoms with van der Waals surface area (Å²) >= 11 is 0. The van der Waals surface area contributed by atoms with Gasteiger partial charge in [-0.15, -0.1) is 0 Å². The highest BCUT2D eigenvalue weighted by Crippen LogP contribution is 2.27. The van der Waals surface area contributed by atoms with Gasteiger partial charge < -0.3 is 10.5 Å². The Balaban J connectivity index is 2.14. The third kappa shape index (κ3) is 2.83. The van der Waals surface area contributed by atoms with Crippen molar-refractivity contribution in [2.45, 2.75) is 31.5 Å². The maximum absolute atomic E-state index is 6.13. The molecular formula is C13H21N3O. The number of pyridine rings is 1. The zero-order chi connectivity index (χ0) is 12.3. The summed E-state index contributed by atoms with van der Waals surface area (Å²) in [6.07, 6.45) is 5.13. The molecule has 1 aliphatic rings. The normalized spacial score (nSPS) is 24.8. The van der Waals surface area contributed by atoms with Crippen molar-refractivity contribution in [1.29, 1.82) is 0 Å². The van der Waals surface area contributed by atoms with E-state index in [1.165, 1.54) is 5.56 Å². The molecule has 4 heteroatoms. The van der Waals surface area contributed by atoms with Crippen molar-refractivity contribution >= 4 is 0 Å². The van der Waals surface area contributed by atoms with E-state index in [4.69, 9.17) is 10.5 Å². The summed E-state index contributed by atoms with van der Waals surface area (Å²) in [5.74, 6) is 0. The van der Waals surface area contributed by atoms with Crippen molar-refractivity contribution in [3.8, 4) is 0 Å². The molecule has 1 aromatic rings. The van der Waals surface area contributed by atoms with Crippen LogP contribution >= 0.6 is 0 Å². The van der Waals surface area contributed by atoms with Crippen LogP contribution in [0.25, 0.3) is 0 Å². The predicted molar refractivity (Wildman–Crippen MR) is 67.6 cm³/mol. The lowest BCUT2D eigenvalue weighted by molar-refractivity contribution is 0.0981. The van der Waals surface area contributed by atoms with Gasteiger partial charge in [-0.1, -0.05) is 6.07 Å². The summed E-state index contributed by atoms with van der Waals surface area (Å²) < 4.78 is 5.41. The van der Waals surface area contributed by atoms with Crippen molar-refractivity contribution in [3.63, 3.8) is 0 Å². The molecule has 0 spiro atoms. The number of ether oxygens (including phenoxy) is 1. The van der Waals surface area contributed by atoms with Crippen LogP contribution in [0.1, 0.15) is 24.9 Å². The number of aromatic nitrogens is 1. The highest BCUT2D eigenvalue weighted by atomic mass is 16.5. The smallest absolute Gasteiger partial charge is 0.0710 e. The fourth-order valence-corrected chi connectivity index (χ4v) is 2.60. The van der Waals surface area contributed by atoms with E-state index in [9.17, 15) is 0 Å². The molecule has 0 aliphatic carbocycles. The minimum absolute atomic E-state index is 0.0924. The highest BCUT2D eigenvalue weighted by Gasteiger charge is 2.31. The van der Waals surface area contributed by atoms with E-state index in [0.29, 0.717) is 6.10 Å². The molecule has 0 amide bonds. The third-order valence-electron chi connectivity index (χ3n) is 3.43. The number of methoxy groups -OCH3 is 1. The lowest BCUT2D eigenvalue weighted by Gasteiger charge is -2.30. The van der Waals surface area contributed by atoms with Gasteiger partial charge in [-0.25, -0.2) is 0 Å². The fraction of sp³-hybridized carbons (Fsp3) is 0.615. The van der Waals surface area contributed by atoms with Crippen molar-refractivity contribution in [1.82, 2.24) is 9.88 Å². The lowest BCUT2D eigenvalue weighted by Crippen LogP contribution is -2.38. The average molecular weight is 235 g/mol. The first-order chi connectivity index (χ1) is 8.22. The van der Waals surface area contributed by atoms with Crippen LogP contribution in [0.5, 0.6) is 0 Å². The molecule has 2 N–H and O–H groups in total. The summed E-state index contributed by atoms with van der Waals surface area (Å²) in [4.78, 5) is 6.58. The molecule has 3 atom stereocenters. The van der Waals surface area contributed by atoms with E-state index in [2.05, 4.69) is 22.9 Å². The summed E-state index contributed by atoms with van der Waals surface area (Å²) in [5.41, 5.74) is 7.32. The molecule has 3 unspecified atom stereocenters. The van der Waals surface area contributed by atoms with Crippen LogP contribution < -0.4 is 5.73 Å². The average Bonchev–Trinajstić information content (AvgIpc) is 2.79. The van der Waals surface area contributed by atoms with E-state index >= 15 is 0 Å². The number of hydrogen-bond acceptors (Lipinski definition) is 4. The number of hydrogen-bond donors (Lipinski definition) is 1. The first-order valence-corrected chi connectivity index (χ1v) is 6.14. The van der Waals surface area contributed by atoms with Gasteiger partial charge in [-0.05, 0) is 25.0 Å². The first-order valence-electron chi connectivity index (χ1n) is 6.14. The van der Waals surface area contributed by atoms with Gasteiger partial charge in [-0.2, -0.15) is 0 Å². The fourth-order valence-electron chi connectivity index (χ4n) is 2.60. The van der Waals surface area contributed by atoms with E-state index in [-0.39, 0.29) is 12.1 Å². The monoisotopic (exact) mass is 235 g/mol. The largest absolute Gasteiger partial charge is 0.380 e. The second-order valence-corrected chi connectivity index (χ2v) is 4.73. The summed E-state index contributed by atoms with van der Waals surface area (Å²) in [6, 6.07) is 4.40. The minimum Gasteiger partial charge on any atom is -0.380 e. The Morgan fingerprint density at radius 3 is 2.94 bits per heavy atom. The van der Waals surface area contributed by atoms with Crippen LogP contribution in [0.2, 0.25) is 0 Å². The van der Waals surface area contributed by atoms with Crippen molar-refractivity contribution in [2.24, 2.45) is 5.73 Å². The van der Waals surface area contributed by atoms with E-state index in [1.807, 2.05) is 12.3 Å². The van der Waals surface area contributed by atoms with E-state index in [1.54, 1.807) is 13.3 Å². The molecule has 0 radical (unpaired) electrons. The van der Waals surface area contributed by atoms with Crippen LogP contribution in [-0.2, 0) is 4.74 Å². The molecule has 2 rings (SSSR count). The molecule has 94 valence electrons. The number of rotatable bonds is 4. The molecule has 2 heterocycles. The molecule has 0 bridgehead atoms. The van der Waals surface area contributed by atoms with Gasteiger partial charge in [0.05, 0.1) is 12.1 Å². The summed E-state index contributed by atoms with van der Waals surface area (Å²) in [5, 5.41) is 0. The Morgan fingerprint density at radius 1 is 1.59 bits per heavy atom. The Kier molecular flexibility index (Phi) is 4.10. The lowest BCUT2D eigenvalue weighted by atomic mass is 10.0. The predicted octanol–water partition coefficient (Wildman–Crippen LogP) is 1.19. The maximum atomic E-state index is 6.13. The van der Waals surface area contributed by atoms with E-state index < -0.39 is 0 Å². The topological polar surface area (TPSA) is 51.4 Å². The molecule has 1 fully saturated rings. The number of likely N-dealkylation sites (tertiary alicyclic amines) is 1. The molecule has 1 aliphatic heterocycles. The van der Waals surface area contributed by atoms with Crippen molar-refractivity contribution < 1.29 is 4.74 Å². The maximum Gasteiger partial charge on any atom is 0.0710 e. The zero-order valence-electron chi connectivity index (χ0n) is 10.5. The van der Waals surface area contributed by atoms with E-state index in [0.717, 1.165) is 19.5 Å². The van der Waals surface area contributed by atoms with Crippen LogP contribution in [0.15, 0.2) is 24.5 Å². The highest BCUT2D eigenvalue weighted by molar-refractivity contribution is 5.16. The van der Waals surface area contributed by atoms with Gasteiger partial charge >= 0.3 is 0 Å². The van der Waals surface area contributed by atoms with Gasteiger partial charge in [0.25, 0.3) is 0 Å². The van der Waals surface area contributed by atoms with Crippen LogP contribution in [0, 0.1) is 0 Å². The molecular weight excluding hydrogens is 214 g/mol. The molecule has 0 aromatic carbocycles. The molecule has 1 saturated heterocycles. The second kappa shape index (κ2) is 5.58. The molecule has 1 aromatic heterocycles. The van der Waals surface area contributed by atoms with Crippen LogP contribution in [0.4, 0.5) is 0 Å². The Bertz CT molecular complexity index is 342. The standard InChI is InChI=1S/C13H21N3O/c1-10(14)13(11-4-3-6-15-8-11)16-7-5-12(9-16)17-2/h3-4,6,8,10,12-13H,5,7,9,14H2,1-2H3. The van der Waals surface area contributed by atoms with Gasteiger partial charge in [0.1, 0.15) is 0 Å². The van der Waals surface area contributed by atoms with Gasteiger partial charge in [0.2, 0.25) is 0 Å². The Hall–Kier alpha value is -0.970. The van der Waals surface area contributed by atoms with Crippen LogP contribution in [0.3, 0.4) is 0 Å². The number of nitrogens with zero attached hydrogens (tertiary/aromatic N) is 2. The first kappa shape index (κ1) is 12.5. The minimum atomic E-state index is 0.0924. The second-order valence-electron chi connectivity index (χ2n) is 4.73. The quantitative estimate of drug-likeness (QED) is 0.851. The number of nitrogens with two attached hydrogens (primary N) is 1. The van der Waals surface area contributed by atoms with Crippen molar-refractivity contribution in [2.75, 3.05) is 20.2 Å². The van der Waals surface area contributed by atoms with Gasteiger partial charge in [0.15, 0.2) is 0 Å². The van der Waals surface area contributed by atoms with Crippen LogP contribution in [-0.4, -0.2) is 42.2 Å². The van der Waals surface area contributed by atoms with Gasteiger partial charge in [-0.3, -0.25) is 9.88 Å². The SMILES string of the molecule is COC1CCN(C(c2cccnc2)C(C)N)C1. The summed E-state index contributed by atoms with van der Waals surface area (Å²) in [6.45, 7) is 4.05.